The van der Waals surface area contributed by atoms with Gasteiger partial charge < -0.3 is 9.42 Å². The highest BCUT2D eigenvalue weighted by Crippen LogP contribution is 2.34. The third-order valence-electron chi connectivity index (χ3n) is 6.22. The van der Waals surface area contributed by atoms with Gasteiger partial charge in [-0.3, -0.25) is 9.59 Å². The number of benzene rings is 1. The highest BCUT2D eigenvalue weighted by molar-refractivity contribution is 7.12. The summed E-state index contributed by atoms with van der Waals surface area (Å²) in [4.78, 5) is 28.2. The van der Waals surface area contributed by atoms with Gasteiger partial charge in [0.25, 0.3) is 0 Å². The van der Waals surface area contributed by atoms with Gasteiger partial charge in [0.1, 0.15) is 5.82 Å². The van der Waals surface area contributed by atoms with Crippen molar-refractivity contribution in [1.82, 2.24) is 10.1 Å². The molecule has 1 saturated heterocycles. The Morgan fingerprint density at radius 2 is 2.07 bits per heavy atom. The molecule has 1 fully saturated rings. The van der Waals surface area contributed by atoms with Crippen molar-refractivity contribution in [2.24, 2.45) is 5.92 Å². The van der Waals surface area contributed by atoms with Crippen LogP contribution in [0.25, 0.3) is 11.0 Å². The van der Waals surface area contributed by atoms with Gasteiger partial charge in [-0.1, -0.05) is 5.16 Å². The fourth-order valence-electron chi connectivity index (χ4n) is 4.56. The molecule has 2 aliphatic rings. The van der Waals surface area contributed by atoms with E-state index in [9.17, 15) is 14.0 Å². The van der Waals surface area contributed by atoms with Gasteiger partial charge in [-0.2, -0.15) is 0 Å². The van der Waals surface area contributed by atoms with Crippen LogP contribution in [0.3, 0.4) is 0 Å². The number of thiophene rings is 1. The number of rotatable bonds is 3. The number of carbonyl (C=O) groups excluding carboxylic acids is 2. The SMILES string of the molecule is O=C1c2sccc2CCC1CC(=O)N1CCC(c2noc3cc(F)ccc23)CC1. The Balaban J connectivity index is 1.21. The lowest BCUT2D eigenvalue weighted by Crippen LogP contribution is -2.39. The van der Waals surface area contributed by atoms with Crippen molar-refractivity contribution in [2.75, 3.05) is 13.1 Å². The summed E-state index contributed by atoms with van der Waals surface area (Å²) in [5.74, 6) is -0.149. The third kappa shape index (κ3) is 3.37. The van der Waals surface area contributed by atoms with Gasteiger partial charge in [0.15, 0.2) is 11.4 Å². The monoisotopic (exact) mass is 412 g/mol. The van der Waals surface area contributed by atoms with E-state index in [1.54, 1.807) is 6.07 Å². The van der Waals surface area contributed by atoms with Gasteiger partial charge in [0.2, 0.25) is 5.91 Å². The van der Waals surface area contributed by atoms with E-state index in [2.05, 4.69) is 5.16 Å². The van der Waals surface area contributed by atoms with Crippen LogP contribution in [-0.4, -0.2) is 34.8 Å². The standard InChI is InChI=1S/C22H21FN2O3S/c23-16-3-4-17-18(12-16)28-24-20(17)13-5-8-25(9-6-13)19(26)11-15-2-1-14-7-10-29-22(14)21(15)27/h3-4,7,10,12-13,15H,1-2,5-6,8-9,11H2. The molecule has 0 bridgehead atoms. The molecule has 1 aromatic carbocycles. The largest absolute Gasteiger partial charge is 0.356 e. The zero-order valence-electron chi connectivity index (χ0n) is 15.9. The summed E-state index contributed by atoms with van der Waals surface area (Å²) in [6.07, 6.45) is 3.51. The Morgan fingerprint density at radius 1 is 1.24 bits per heavy atom. The number of aromatic nitrogens is 1. The van der Waals surface area contributed by atoms with Crippen LogP contribution in [0.1, 0.15) is 52.5 Å². The number of ketones is 1. The Morgan fingerprint density at radius 3 is 2.90 bits per heavy atom. The van der Waals surface area contributed by atoms with Crippen molar-refractivity contribution < 1.29 is 18.5 Å². The second-order valence-corrected chi connectivity index (χ2v) is 8.86. The maximum absolute atomic E-state index is 13.4. The first-order valence-electron chi connectivity index (χ1n) is 10.0. The summed E-state index contributed by atoms with van der Waals surface area (Å²) in [6, 6.07) is 6.50. The molecule has 3 aromatic rings. The van der Waals surface area contributed by atoms with Crippen molar-refractivity contribution in [2.45, 2.75) is 38.0 Å². The van der Waals surface area contributed by atoms with E-state index in [4.69, 9.17) is 4.52 Å². The van der Waals surface area contributed by atoms with Crippen molar-refractivity contribution >= 4 is 34.0 Å². The molecule has 1 unspecified atom stereocenters. The van der Waals surface area contributed by atoms with Crippen molar-refractivity contribution in [3.05, 3.63) is 51.6 Å². The van der Waals surface area contributed by atoms with Crippen LogP contribution in [0.4, 0.5) is 4.39 Å². The zero-order valence-corrected chi connectivity index (χ0v) is 16.7. The lowest BCUT2D eigenvalue weighted by molar-refractivity contribution is -0.133. The first kappa shape index (κ1) is 18.5. The Hall–Kier alpha value is -2.54. The number of Topliss-reactive ketones (excluding diaryl/α,β-unsaturated/α-hetero) is 1. The number of carbonyl (C=O) groups is 2. The second kappa shape index (κ2) is 7.37. The molecule has 0 radical (unpaired) electrons. The number of halogens is 1. The Bertz CT molecular complexity index is 1080. The predicted octanol–water partition coefficient (Wildman–Crippen LogP) is 4.57. The fraction of sp³-hybridized carbons (Fsp3) is 0.409. The van der Waals surface area contributed by atoms with Gasteiger partial charge in [-0.15, -0.1) is 11.3 Å². The maximum atomic E-state index is 13.4. The topological polar surface area (TPSA) is 63.4 Å². The molecule has 1 aliphatic carbocycles. The van der Waals surface area contributed by atoms with Crippen LogP contribution >= 0.6 is 11.3 Å². The molecule has 0 N–H and O–H groups in total. The number of fused-ring (bicyclic) bond motifs is 2. The lowest BCUT2D eigenvalue weighted by Gasteiger charge is -2.32. The second-order valence-electron chi connectivity index (χ2n) is 7.94. The van der Waals surface area contributed by atoms with Gasteiger partial charge in [-0.25, -0.2) is 4.39 Å². The van der Waals surface area contributed by atoms with Crippen LogP contribution in [0, 0.1) is 11.7 Å². The number of likely N-dealkylation sites (tertiary alicyclic amines) is 1. The average Bonchev–Trinajstić information content (AvgIpc) is 3.37. The number of amides is 1. The van der Waals surface area contributed by atoms with E-state index < -0.39 is 0 Å². The Labute approximate surface area is 171 Å². The minimum absolute atomic E-state index is 0.0638. The van der Waals surface area contributed by atoms with Gasteiger partial charge >= 0.3 is 0 Å². The normalized spacial score (nSPS) is 20.2. The molecule has 5 nitrogen and oxygen atoms in total. The van der Waals surface area contributed by atoms with E-state index in [1.807, 2.05) is 16.3 Å². The number of hydrogen-bond donors (Lipinski definition) is 0. The molecule has 3 heterocycles. The first-order valence-corrected chi connectivity index (χ1v) is 10.9. The summed E-state index contributed by atoms with van der Waals surface area (Å²) in [5.41, 5.74) is 2.44. The molecular weight excluding hydrogens is 391 g/mol. The molecule has 0 saturated carbocycles. The van der Waals surface area contributed by atoms with Crippen molar-refractivity contribution in [3.8, 4) is 0 Å². The smallest absolute Gasteiger partial charge is 0.223 e. The summed E-state index contributed by atoms with van der Waals surface area (Å²) in [5, 5.41) is 6.96. The van der Waals surface area contributed by atoms with Crippen LogP contribution in [0.15, 0.2) is 34.2 Å². The molecule has 150 valence electrons. The van der Waals surface area contributed by atoms with Gasteiger partial charge in [-0.05, 0) is 54.8 Å². The van der Waals surface area contributed by atoms with E-state index in [0.29, 0.717) is 25.1 Å². The minimum Gasteiger partial charge on any atom is -0.356 e. The van der Waals surface area contributed by atoms with E-state index in [0.717, 1.165) is 47.2 Å². The van der Waals surface area contributed by atoms with Crippen molar-refractivity contribution in [3.63, 3.8) is 0 Å². The average molecular weight is 412 g/mol. The molecule has 0 spiro atoms. The van der Waals surface area contributed by atoms with Crippen LogP contribution in [0.5, 0.6) is 0 Å². The van der Waals surface area contributed by atoms with Gasteiger partial charge in [0, 0.05) is 42.8 Å². The van der Waals surface area contributed by atoms with E-state index in [1.165, 1.54) is 23.5 Å². The highest BCUT2D eigenvalue weighted by Gasteiger charge is 2.33. The number of piperidine rings is 1. The number of nitrogens with zero attached hydrogens (tertiary/aromatic N) is 2. The summed E-state index contributed by atoms with van der Waals surface area (Å²) in [7, 11) is 0. The van der Waals surface area contributed by atoms with Crippen LogP contribution < -0.4 is 0 Å². The summed E-state index contributed by atoms with van der Waals surface area (Å²) >= 11 is 1.49. The number of hydrogen-bond acceptors (Lipinski definition) is 5. The molecular formula is C22H21FN2O3S. The summed E-state index contributed by atoms with van der Waals surface area (Å²) < 4.78 is 18.6. The molecule has 29 heavy (non-hydrogen) atoms. The molecule has 1 aliphatic heterocycles. The van der Waals surface area contributed by atoms with E-state index >= 15 is 0 Å². The molecule has 5 rings (SSSR count). The quantitative estimate of drug-likeness (QED) is 0.632. The van der Waals surface area contributed by atoms with Crippen LogP contribution in [-0.2, 0) is 11.2 Å². The number of aryl methyl sites for hydroxylation is 1. The molecule has 2 aromatic heterocycles. The van der Waals surface area contributed by atoms with Gasteiger partial charge in [0.05, 0.1) is 10.6 Å². The van der Waals surface area contributed by atoms with E-state index in [-0.39, 0.29) is 29.3 Å². The highest BCUT2D eigenvalue weighted by atomic mass is 32.1. The fourth-order valence-corrected chi connectivity index (χ4v) is 5.53. The first-order chi connectivity index (χ1) is 14.1. The lowest BCUT2D eigenvalue weighted by atomic mass is 9.85. The van der Waals surface area contributed by atoms with Crippen molar-refractivity contribution in [1.29, 1.82) is 0 Å². The third-order valence-corrected chi connectivity index (χ3v) is 7.19. The molecule has 7 heteroatoms. The zero-order chi connectivity index (χ0) is 20.0. The summed E-state index contributed by atoms with van der Waals surface area (Å²) in [6.45, 7) is 1.29. The van der Waals surface area contributed by atoms with Crippen LogP contribution in [0.2, 0.25) is 0 Å². The maximum Gasteiger partial charge on any atom is 0.223 e. The molecule has 1 atom stereocenters. The minimum atomic E-state index is -0.340. The molecule has 1 amide bonds. The predicted molar refractivity (Wildman–Crippen MR) is 108 cm³/mol. The Kier molecular flexibility index (Phi) is 4.70.